The lowest BCUT2D eigenvalue weighted by Gasteiger charge is -2.06. The van der Waals surface area contributed by atoms with Gasteiger partial charge < -0.3 is 10.3 Å². The van der Waals surface area contributed by atoms with Crippen LogP contribution in [0.2, 0.25) is 0 Å². The van der Waals surface area contributed by atoms with Crippen molar-refractivity contribution >= 4 is 51.3 Å². The van der Waals surface area contributed by atoms with E-state index in [0.717, 1.165) is 33.5 Å². The second kappa shape index (κ2) is 7.76. The molecule has 0 spiro atoms. The topological polar surface area (TPSA) is 70.7 Å². The SMILES string of the molecule is Cc1ccc(-c2cccc(-c3nc4cc(/C=C5/SC(=S)NC5=O)ccc4[nH]3)n2)cc1C. The van der Waals surface area contributed by atoms with Gasteiger partial charge in [-0.05, 0) is 66.9 Å². The van der Waals surface area contributed by atoms with E-state index in [4.69, 9.17) is 22.2 Å². The maximum atomic E-state index is 11.9. The number of hydrogen-bond donors (Lipinski definition) is 2. The molecule has 1 saturated heterocycles. The second-order valence-corrected chi connectivity index (χ2v) is 9.14. The molecule has 0 radical (unpaired) electrons. The molecule has 1 amide bonds. The van der Waals surface area contributed by atoms with Crippen LogP contribution in [0.25, 0.3) is 39.9 Å². The zero-order chi connectivity index (χ0) is 21.5. The van der Waals surface area contributed by atoms with Crippen molar-refractivity contribution in [3.63, 3.8) is 0 Å². The summed E-state index contributed by atoms with van der Waals surface area (Å²) in [5, 5.41) is 2.63. The van der Waals surface area contributed by atoms with Crippen LogP contribution in [0.1, 0.15) is 16.7 Å². The summed E-state index contributed by atoms with van der Waals surface area (Å²) in [6, 6.07) is 18.2. The van der Waals surface area contributed by atoms with Gasteiger partial charge in [0.1, 0.15) is 10.0 Å². The highest BCUT2D eigenvalue weighted by atomic mass is 32.2. The number of thioether (sulfide) groups is 1. The Hall–Kier alpha value is -3.29. The number of aryl methyl sites for hydroxylation is 2. The van der Waals surface area contributed by atoms with Crippen molar-refractivity contribution in [1.29, 1.82) is 0 Å². The maximum Gasteiger partial charge on any atom is 0.263 e. The van der Waals surface area contributed by atoms with Crippen LogP contribution >= 0.6 is 24.0 Å². The number of amides is 1. The third-order valence-corrected chi connectivity index (χ3v) is 6.40. The van der Waals surface area contributed by atoms with Gasteiger partial charge in [-0.1, -0.05) is 48.2 Å². The van der Waals surface area contributed by atoms with Gasteiger partial charge in [0.15, 0.2) is 5.82 Å². The summed E-state index contributed by atoms with van der Waals surface area (Å²) in [6.45, 7) is 4.21. The van der Waals surface area contributed by atoms with Gasteiger partial charge in [-0.2, -0.15) is 0 Å². The van der Waals surface area contributed by atoms with Crippen molar-refractivity contribution in [3.8, 4) is 22.8 Å². The molecule has 0 aliphatic carbocycles. The second-order valence-electron chi connectivity index (χ2n) is 7.42. The lowest BCUT2D eigenvalue weighted by atomic mass is 10.0. The van der Waals surface area contributed by atoms with E-state index in [-0.39, 0.29) is 5.91 Å². The van der Waals surface area contributed by atoms with Crippen molar-refractivity contribution in [2.75, 3.05) is 0 Å². The van der Waals surface area contributed by atoms with E-state index >= 15 is 0 Å². The molecule has 0 bridgehead atoms. The molecule has 2 N–H and O–H groups in total. The number of nitrogens with one attached hydrogen (secondary N) is 2. The van der Waals surface area contributed by atoms with E-state index in [9.17, 15) is 4.79 Å². The Labute approximate surface area is 189 Å². The van der Waals surface area contributed by atoms with E-state index in [2.05, 4.69) is 42.3 Å². The van der Waals surface area contributed by atoms with E-state index in [0.29, 0.717) is 15.1 Å². The third kappa shape index (κ3) is 3.89. The van der Waals surface area contributed by atoms with Crippen molar-refractivity contribution in [3.05, 3.63) is 76.2 Å². The summed E-state index contributed by atoms with van der Waals surface area (Å²) in [6.07, 6.45) is 1.83. The lowest BCUT2D eigenvalue weighted by Crippen LogP contribution is -2.17. The van der Waals surface area contributed by atoms with Gasteiger partial charge in [-0.3, -0.25) is 4.79 Å². The number of carbonyl (C=O) groups excluding carboxylic acids is 1. The molecule has 4 aromatic rings. The van der Waals surface area contributed by atoms with Crippen molar-refractivity contribution in [2.45, 2.75) is 13.8 Å². The molecular formula is C24H18N4OS2. The Morgan fingerprint density at radius 2 is 1.81 bits per heavy atom. The monoisotopic (exact) mass is 442 g/mol. The fourth-order valence-corrected chi connectivity index (χ4v) is 4.48. The summed E-state index contributed by atoms with van der Waals surface area (Å²) in [7, 11) is 0. The quantitative estimate of drug-likeness (QED) is 0.328. The van der Waals surface area contributed by atoms with Gasteiger partial charge in [-0.25, -0.2) is 9.97 Å². The number of nitrogens with zero attached hydrogens (tertiary/aromatic N) is 2. The van der Waals surface area contributed by atoms with Gasteiger partial charge in [0, 0.05) is 5.56 Å². The standard InChI is InChI=1S/C24H18N4OS2/c1-13-6-8-16(10-14(13)2)17-4-3-5-19(25-17)22-26-18-9-7-15(11-20(18)27-22)12-21-23(29)28-24(30)31-21/h3-12H,1-2H3,(H,26,27)(H,28,29,30)/b21-12+. The fraction of sp³-hybridized carbons (Fsp3) is 0.0833. The van der Waals surface area contributed by atoms with Gasteiger partial charge >= 0.3 is 0 Å². The number of benzene rings is 2. The van der Waals surface area contributed by atoms with Crippen LogP contribution in [0, 0.1) is 13.8 Å². The molecule has 1 aliphatic heterocycles. The molecule has 5 nitrogen and oxygen atoms in total. The first-order valence-corrected chi connectivity index (χ1v) is 11.0. The summed E-state index contributed by atoms with van der Waals surface area (Å²) < 4.78 is 0.481. The van der Waals surface area contributed by atoms with E-state index in [1.54, 1.807) is 0 Å². The minimum atomic E-state index is -0.162. The van der Waals surface area contributed by atoms with Crippen LogP contribution < -0.4 is 5.32 Å². The maximum absolute atomic E-state index is 11.9. The Kier molecular flexibility index (Phi) is 4.92. The summed E-state index contributed by atoms with van der Waals surface area (Å²) in [5.74, 6) is 0.546. The Morgan fingerprint density at radius 3 is 2.58 bits per heavy atom. The molecule has 3 heterocycles. The number of rotatable bonds is 3. The molecule has 5 rings (SSSR count). The van der Waals surface area contributed by atoms with Crippen molar-refractivity contribution in [2.24, 2.45) is 0 Å². The number of carbonyl (C=O) groups is 1. The number of imidazole rings is 1. The number of thiocarbonyl (C=S) groups is 1. The van der Waals surface area contributed by atoms with E-state index < -0.39 is 0 Å². The number of aromatic amines is 1. The van der Waals surface area contributed by atoms with Crippen LogP contribution in [0.5, 0.6) is 0 Å². The molecule has 31 heavy (non-hydrogen) atoms. The fourth-order valence-electron chi connectivity index (χ4n) is 3.43. The highest BCUT2D eigenvalue weighted by molar-refractivity contribution is 8.26. The molecule has 0 saturated carbocycles. The predicted octanol–water partition coefficient (Wildman–Crippen LogP) is 5.40. The Balaban J connectivity index is 1.49. The van der Waals surface area contributed by atoms with Gasteiger partial charge in [0.2, 0.25) is 0 Å². The molecular weight excluding hydrogens is 424 g/mol. The predicted molar refractivity (Wildman–Crippen MR) is 131 cm³/mol. The Morgan fingerprint density at radius 1 is 0.968 bits per heavy atom. The molecule has 1 fully saturated rings. The van der Waals surface area contributed by atoms with Crippen LogP contribution in [-0.2, 0) is 4.79 Å². The summed E-state index contributed by atoms with van der Waals surface area (Å²) in [4.78, 5) is 25.4. The van der Waals surface area contributed by atoms with E-state index in [1.165, 1.54) is 22.9 Å². The number of fused-ring (bicyclic) bond motifs is 1. The first-order chi connectivity index (χ1) is 15.0. The molecule has 7 heteroatoms. The number of hydrogen-bond acceptors (Lipinski definition) is 5. The summed E-state index contributed by atoms with van der Waals surface area (Å²) >= 11 is 6.32. The van der Waals surface area contributed by atoms with Gasteiger partial charge in [0.05, 0.1) is 21.6 Å². The first kappa shape index (κ1) is 19.7. The number of aromatic nitrogens is 3. The third-order valence-electron chi connectivity index (χ3n) is 5.24. The van der Waals surface area contributed by atoms with Gasteiger partial charge in [0.25, 0.3) is 5.91 Å². The first-order valence-electron chi connectivity index (χ1n) is 9.76. The Bertz CT molecular complexity index is 1400. The smallest absolute Gasteiger partial charge is 0.263 e. The average molecular weight is 443 g/mol. The highest BCUT2D eigenvalue weighted by Crippen LogP contribution is 2.28. The number of pyridine rings is 1. The van der Waals surface area contributed by atoms with Crippen LogP contribution in [0.3, 0.4) is 0 Å². The van der Waals surface area contributed by atoms with Crippen LogP contribution in [-0.4, -0.2) is 25.2 Å². The van der Waals surface area contributed by atoms with Crippen LogP contribution in [0.4, 0.5) is 0 Å². The minimum absolute atomic E-state index is 0.162. The zero-order valence-electron chi connectivity index (χ0n) is 16.9. The zero-order valence-corrected chi connectivity index (χ0v) is 18.5. The molecule has 2 aromatic heterocycles. The highest BCUT2D eigenvalue weighted by Gasteiger charge is 2.22. The molecule has 152 valence electrons. The average Bonchev–Trinajstić information content (AvgIpc) is 3.32. The van der Waals surface area contributed by atoms with Crippen LogP contribution in [0.15, 0.2) is 59.5 Å². The largest absolute Gasteiger partial charge is 0.337 e. The molecule has 2 aromatic carbocycles. The molecule has 1 aliphatic rings. The summed E-state index contributed by atoms with van der Waals surface area (Å²) in [5.41, 5.74) is 7.89. The molecule has 0 atom stereocenters. The molecule has 0 unspecified atom stereocenters. The minimum Gasteiger partial charge on any atom is -0.337 e. The van der Waals surface area contributed by atoms with Crippen molar-refractivity contribution in [1.82, 2.24) is 20.3 Å². The van der Waals surface area contributed by atoms with Crippen molar-refractivity contribution < 1.29 is 4.79 Å². The lowest BCUT2D eigenvalue weighted by molar-refractivity contribution is -0.115. The number of H-pyrrole nitrogens is 1. The van der Waals surface area contributed by atoms with Gasteiger partial charge in [-0.15, -0.1) is 0 Å². The normalized spacial score (nSPS) is 15.1. The van der Waals surface area contributed by atoms with E-state index in [1.807, 2.05) is 42.5 Å².